The molecule has 0 saturated carbocycles. The van der Waals surface area contributed by atoms with E-state index in [2.05, 4.69) is 10.6 Å². The molecule has 2 heterocycles. The zero-order chi connectivity index (χ0) is 31.6. The largest absolute Gasteiger partial charge is 0.497 e. The lowest BCUT2D eigenvalue weighted by Crippen LogP contribution is -2.48. The van der Waals surface area contributed by atoms with Crippen molar-refractivity contribution in [1.29, 1.82) is 0 Å². The van der Waals surface area contributed by atoms with Crippen molar-refractivity contribution in [2.45, 2.75) is 76.1 Å². The molecule has 2 aliphatic heterocycles. The third-order valence-electron chi connectivity index (χ3n) is 7.75. The topological polar surface area (TPSA) is 123 Å². The fraction of sp³-hybridized carbons (Fsp3) is 0.471. The number of epoxide rings is 1. The van der Waals surface area contributed by atoms with Crippen LogP contribution in [-0.2, 0) is 35.1 Å². The predicted molar refractivity (Wildman–Crippen MR) is 169 cm³/mol. The summed E-state index contributed by atoms with van der Waals surface area (Å²) in [6.45, 7) is 6.04. The molecule has 1 fully saturated rings. The minimum Gasteiger partial charge on any atom is -0.497 e. The maximum Gasteiger partial charge on any atom is 0.319 e. The van der Waals surface area contributed by atoms with Gasteiger partial charge in [0, 0.05) is 31.7 Å². The highest BCUT2D eigenvalue weighted by molar-refractivity contribution is 8.14. The molecule has 2 amide bonds. The molecule has 0 spiro atoms. The van der Waals surface area contributed by atoms with Crippen LogP contribution in [0.4, 0.5) is 0 Å². The van der Waals surface area contributed by atoms with Crippen LogP contribution in [0.25, 0.3) is 0 Å². The van der Waals surface area contributed by atoms with Gasteiger partial charge in [-0.2, -0.15) is 0 Å². The van der Waals surface area contributed by atoms with Crippen LogP contribution < -0.4 is 15.4 Å². The van der Waals surface area contributed by atoms with Crippen molar-refractivity contribution in [3.63, 3.8) is 0 Å². The minimum atomic E-state index is -0.857. The zero-order valence-electron chi connectivity index (χ0n) is 25.7. The SMILES string of the molecule is COc1ccc(C[C@H]2NC(=O)/C=C/CC([C@H](C)[C@H]3O[C@H]3c3ccccc3)OC(=O)[C@H](CC(C)C)SC(=O)CCNC2=O)cc1. The molecule has 4 rings (SSSR count). The van der Waals surface area contributed by atoms with Crippen LogP contribution in [0.5, 0.6) is 5.75 Å². The Hall–Kier alpha value is -3.63. The van der Waals surface area contributed by atoms with Gasteiger partial charge in [-0.1, -0.05) is 81.1 Å². The standard InChI is InChI=1S/C34H42N2O7S/c1-21(2)19-28-34(40)42-27(22(3)31-32(43-31)24-9-6-5-7-10-24)11-8-12-29(37)36-26(33(39)35-18-17-30(38)44-28)20-23-13-15-25(41-4)16-14-23/h5-10,12-16,21-22,26-28,31-32H,11,17-20H2,1-4H3,(H,35,39)(H,36,37)/b12-8+/t22-,26+,27?,28-,31+,32-/m0/s1. The van der Waals surface area contributed by atoms with E-state index in [-0.39, 0.29) is 55.0 Å². The van der Waals surface area contributed by atoms with Crippen molar-refractivity contribution < 1.29 is 33.4 Å². The maximum absolute atomic E-state index is 13.5. The number of nitrogens with one attached hydrogen (secondary N) is 2. The molecule has 1 unspecified atom stereocenters. The number of thioether (sulfide) groups is 1. The Labute approximate surface area is 263 Å². The average molecular weight is 623 g/mol. The summed E-state index contributed by atoms with van der Waals surface area (Å²) in [6.07, 6.45) is 3.23. The van der Waals surface area contributed by atoms with E-state index < -0.39 is 35.2 Å². The molecule has 2 aromatic rings. The molecule has 44 heavy (non-hydrogen) atoms. The Morgan fingerprint density at radius 3 is 2.41 bits per heavy atom. The van der Waals surface area contributed by atoms with Gasteiger partial charge >= 0.3 is 5.97 Å². The van der Waals surface area contributed by atoms with Gasteiger partial charge in [-0.25, -0.2) is 0 Å². The number of carbonyl (C=O) groups excluding carboxylic acids is 4. The van der Waals surface area contributed by atoms with Crippen LogP contribution in [0, 0.1) is 11.8 Å². The molecule has 2 aromatic carbocycles. The van der Waals surface area contributed by atoms with Gasteiger partial charge in [-0.05, 0) is 41.7 Å². The number of carbonyl (C=O) groups is 4. The van der Waals surface area contributed by atoms with E-state index in [9.17, 15) is 19.2 Å². The first-order valence-electron chi connectivity index (χ1n) is 15.1. The number of benzene rings is 2. The van der Waals surface area contributed by atoms with E-state index in [1.165, 1.54) is 6.08 Å². The van der Waals surface area contributed by atoms with Gasteiger partial charge in [0.05, 0.1) is 13.2 Å². The summed E-state index contributed by atoms with van der Waals surface area (Å²) in [6, 6.07) is 16.3. The fourth-order valence-corrected chi connectivity index (χ4v) is 6.40. The number of cyclic esters (lactones) is 1. The quantitative estimate of drug-likeness (QED) is 0.325. The van der Waals surface area contributed by atoms with Crippen LogP contribution in [0.15, 0.2) is 66.7 Å². The summed E-state index contributed by atoms with van der Waals surface area (Å²) in [5.41, 5.74) is 1.89. The van der Waals surface area contributed by atoms with Gasteiger partial charge in [0.15, 0.2) is 5.12 Å². The van der Waals surface area contributed by atoms with E-state index in [1.807, 2.05) is 63.2 Å². The highest BCUT2D eigenvalue weighted by Gasteiger charge is 2.47. The Balaban J connectivity index is 1.54. The van der Waals surface area contributed by atoms with Gasteiger partial charge in [-0.15, -0.1) is 0 Å². The van der Waals surface area contributed by atoms with Gasteiger partial charge in [0.25, 0.3) is 0 Å². The number of methoxy groups -OCH3 is 1. The molecule has 2 aliphatic rings. The molecular formula is C34H42N2O7S. The summed E-state index contributed by atoms with van der Waals surface area (Å²) >= 11 is 0.965. The first-order valence-corrected chi connectivity index (χ1v) is 16.0. The molecule has 0 radical (unpaired) electrons. The number of ether oxygens (including phenoxy) is 3. The van der Waals surface area contributed by atoms with E-state index in [1.54, 1.807) is 25.3 Å². The molecular weight excluding hydrogens is 580 g/mol. The lowest BCUT2D eigenvalue weighted by Gasteiger charge is -2.25. The Morgan fingerprint density at radius 1 is 1.00 bits per heavy atom. The van der Waals surface area contributed by atoms with Crippen molar-refractivity contribution in [3.05, 3.63) is 77.9 Å². The molecule has 0 bridgehead atoms. The average Bonchev–Trinajstić information content (AvgIpc) is 3.81. The molecule has 10 heteroatoms. The van der Waals surface area contributed by atoms with E-state index >= 15 is 0 Å². The minimum absolute atomic E-state index is 0.0376. The van der Waals surface area contributed by atoms with Gasteiger partial charge in [-0.3, -0.25) is 19.2 Å². The lowest BCUT2D eigenvalue weighted by molar-refractivity contribution is -0.151. The predicted octanol–water partition coefficient (Wildman–Crippen LogP) is 4.55. The molecule has 1 saturated heterocycles. The van der Waals surface area contributed by atoms with Crippen molar-refractivity contribution >= 4 is 34.7 Å². The number of hydrogen-bond donors (Lipinski definition) is 2. The highest BCUT2D eigenvalue weighted by atomic mass is 32.2. The van der Waals surface area contributed by atoms with Crippen molar-refractivity contribution in [2.24, 2.45) is 11.8 Å². The van der Waals surface area contributed by atoms with Crippen LogP contribution >= 0.6 is 11.8 Å². The Morgan fingerprint density at radius 2 is 1.73 bits per heavy atom. The second-order valence-electron chi connectivity index (χ2n) is 11.7. The third-order valence-corrected chi connectivity index (χ3v) is 8.88. The molecule has 9 nitrogen and oxygen atoms in total. The van der Waals surface area contributed by atoms with Crippen molar-refractivity contribution in [3.8, 4) is 5.75 Å². The molecule has 2 N–H and O–H groups in total. The monoisotopic (exact) mass is 622 g/mol. The first-order chi connectivity index (χ1) is 21.1. The summed E-state index contributed by atoms with van der Waals surface area (Å²) < 4.78 is 17.3. The number of rotatable bonds is 8. The number of esters is 1. The lowest BCUT2D eigenvalue weighted by atomic mass is 9.93. The Kier molecular flexibility index (Phi) is 12.0. The molecule has 6 atom stereocenters. The summed E-state index contributed by atoms with van der Waals surface area (Å²) in [5, 5.41) is 4.67. The smallest absolute Gasteiger partial charge is 0.319 e. The highest BCUT2D eigenvalue weighted by Crippen LogP contribution is 2.45. The van der Waals surface area contributed by atoms with Crippen LogP contribution in [-0.4, -0.2) is 60.1 Å². The van der Waals surface area contributed by atoms with Crippen molar-refractivity contribution in [1.82, 2.24) is 10.6 Å². The summed E-state index contributed by atoms with van der Waals surface area (Å²) in [4.78, 5) is 52.5. The summed E-state index contributed by atoms with van der Waals surface area (Å²) in [7, 11) is 1.58. The van der Waals surface area contributed by atoms with Crippen LogP contribution in [0.1, 0.15) is 57.3 Å². The number of hydrogen-bond acceptors (Lipinski definition) is 8. The fourth-order valence-electron chi connectivity index (χ4n) is 5.23. The molecule has 0 aromatic heterocycles. The van der Waals surface area contributed by atoms with Crippen molar-refractivity contribution in [2.75, 3.05) is 13.7 Å². The maximum atomic E-state index is 13.5. The summed E-state index contributed by atoms with van der Waals surface area (Å²) in [5.74, 6) is -0.631. The van der Waals surface area contributed by atoms with Crippen LogP contribution in [0.3, 0.4) is 0 Å². The van der Waals surface area contributed by atoms with E-state index in [0.717, 1.165) is 22.9 Å². The first kappa shape index (κ1) is 33.3. The van der Waals surface area contributed by atoms with E-state index in [0.29, 0.717) is 12.2 Å². The van der Waals surface area contributed by atoms with Crippen LogP contribution in [0.2, 0.25) is 0 Å². The molecule has 0 aliphatic carbocycles. The van der Waals surface area contributed by atoms with Gasteiger partial charge in [0.1, 0.15) is 29.2 Å². The van der Waals surface area contributed by atoms with Gasteiger partial charge in [0.2, 0.25) is 11.8 Å². The Bertz CT molecular complexity index is 1310. The van der Waals surface area contributed by atoms with Gasteiger partial charge < -0.3 is 24.8 Å². The third kappa shape index (κ3) is 9.69. The second-order valence-corrected chi connectivity index (χ2v) is 12.9. The second kappa shape index (κ2) is 15.9. The van der Waals surface area contributed by atoms with E-state index in [4.69, 9.17) is 14.2 Å². The number of amides is 2. The molecule has 236 valence electrons. The zero-order valence-corrected chi connectivity index (χ0v) is 26.5. The normalized spacial score (nSPS) is 26.7.